The van der Waals surface area contributed by atoms with E-state index in [1.165, 1.54) is 107 Å². The Hall–Kier alpha value is -7.56. The van der Waals surface area contributed by atoms with Crippen LogP contribution in [0.2, 0.25) is 0 Å². The monoisotopic (exact) mass is 949 g/mol. The second-order valence-corrected chi connectivity index (χ2v) is 22.5. The van der Waals surface area contributed by atoms with E-state index in [2.05, 4.69) is 241 Å². The molecule has 0 bridgehead atoms. The molecular formula is C69H64N4. The first-order valence-corrected chi connectivity index (χ1v) is 26.7. The lowest BCUT2D eigenvalue weighted by molar-refractivity contribution is 0.564. The minimum Gasteiger partial charge on any atom is -0.387 e. The number of hydrogen-bond donors (Lipinski definition) is 2. The van der Waals surface area contributed by atoms with Crippen LogP contribution in [-0.2, 0) is 16.2 Å². The molecule has 7 aliphatic rings. The molecule has 4 unspecified atom stereocenters. The van der Waals surface area contributed by atoms with E-state index in [-0.39, 0.29) is 22.4 Å². The zero-order chi connectivity index (χ0) is 49.8. The average Bonchev–Trinajstić information content (AvgIpc) is 4.15. The van der Waals surface area contributed by atoms with E-state index in [1.54, 1.807) is 0 Å². The molecule has 1 aliphatic heterocycles. The number of aliphatic imine (C=N–C) groups is 2. The normalized spacial score (nSPS) is 23.4. The van der Waals surface area contributed by atoms with Gasteiger partial charge in [-0.05, 0) is 116 Å². The van der Waals surface area contributed by atoms with Crippen molar-refractivity contribution >= 4 is 28.4 Å². The molecule has 0 spiro atoms. The van der Waals surface area contributed by atoms with Gasteiger partial charge in [0, 0.05) is 62.5 Å². The van der Waals surface area contributed by atoms with E-state index in [4.69, 9.17) is 9.98 Å². The van der Waals surface area contributed by atoms with Gasteiger partial charge < -0.3 is 10.6 Å². The lowest BCUT2D eigenvalue weighted by Crippen LogP contribution is -2.31. The Morgan fingerprint density at radius 1 is 0.671 bits per heavy atom. The number of fused-ring (bicyclic) bond motifs is 7. The zero-order valence-electron chi connectivity index (χ0n) is 43.3. The summed E-state index contributed by atoms with van der Waals surface area (Å²) in [5.41, 5.74) is 27.2. The molecule has 1 saturated carbocycles. The molecule has 73 heavy (non-hydrogen) atoms. The van der Waals surface area contributed by atoms with Crippen molar-refractivity contribution in [2.45, 2.75) is 83.2 Å². The molecule has 13 rings (SSSR count). The topological polar surface area (TPSA) is 48.8 Å². The van der Waals surface area contributed by atoms with Crippen molar-refractivity contribution in [1.82, 2.24) is 10.6 Å². The van der Waals surface area contributed by atoms with Crippen molar-refractivity contribution in [3.8, 4) is 22.3 Å². The Morgan fingerprint density at radius 2 is 1.32 bits per heavy atom. The Balaban J connectivity index is 0.801. The molecule has 0 radical (unpaired) electrons. The van der Waals surface area contributed by atoms with Crippen LogP contribution in [0.5, 0.6) is 0 Å². The van der Waals surface area contributed by atoms with Gasteiger partial charge in [-0.15, -0.1) is 0 Å². The van der Waals surface area contributed by atoms with Crippen molar-refractivity contribution in [2.75, 3.05) is 13.6 Å². The van der Waals surface area contributed by atoms with Gasteiger partial charge in [0.1, 0.15) is 6.17 Å². The summed E-state index contributed by atoms with van der Waals surface area (Å²) in [5, 5.41) is 7.50. The maximum atomic E-state index is 5.56. The molecule has 4 atom stereocenters. The van der Waals surface area contributed by atoms with Gasteiger partial charge >= 0.3 is 0 Å². The summed E-state index contributed by atoms with van der Waals surface area (Å²) in [7, 11) is 2.06. The summed E-state index contributed by atoms with van der Waals surface area (Å²) in [6.45, 7) is 14.9. The fraction of sp³-hybridized carbons (Fsp3) is 0.246. The Labute approximate surface area is 432 Å². The number of nitrogens with one attached hydrogen (secondary N) is 2. The molecule has 6 aromatic carbocycles. The highest BCUT2D eigenvalue weighted by Crippen LogP contribution is 2.54. The lowest BCUT2D eigenvalue weighted by atomic mass is 9.76. The van der Waals surface area contributed by atoms with Gasteiger partial charge in [0.2, 0.25) is 0 Å². The van der Waals surface area contributed by atoms with Crippen LogP contribution < -0.4 is 10.6 Å². The molecule has 6 aliphatic carbocycles. The number of rotatable bonds is 10. The first kappa shape index (κ1) is 45.3. The van der Waals surface area contributed by atoms with Crippen LogP contribution in [0.15, 0.2) is 214 Å². The van der Waals surface area contributed by atoms with Crippen molar-refractivity contribution in [1.29, 1.82) is 0 Å². The fourth-order valence-corrected chi connectivity index (χ4v) is 13.4. The van der Waals surface area contributed by atoms with Gasteiger partial charge in [-0.25, -0.2) is 0 Å². The van der Waals surface area contributed by atoms with Gasteiger partial charge in [0.05, 0.1) is 18.0 Å². The van der Waals surface area contributed by atoms with E-state index in [1.807, 2.05) is 0 Å². The maximum absolute atomic E-state index is 5.56. The molecule has 1 fully saturated rings. The molecule has 0 saturated heterocycles. The minimum absolute atomic E-state index is 0.139. The molecular weight excluding hydrogens is 885 g/mol. The molecule has 2 N–H and O–H groups in total. The van der Waals surface area contributed by atoms with E-state index in [0.717, 1.165) is 41.9 Å². The van der Waals surface area contributed by atoms with Crippen LogP contribution >= 0.6 is 0 Å². The van der Waals surface area contributed by atoms with Gasteiger partial charge in [0.15, 0.2) is 0 Å². The highest BCUT2D eigenvalue weighted by atomic mass is 15.1. The predicted molar refractivity (Wildman–Crippen MR) is 306 cm³/mol. The maximum Gasteiger partial charge on any atom is 0.145 e. The summed E-state index contributed by atoms with van der Waals surface area (Å²) in [4.78, 5) is 11.1. The van der Waals surface area contributed by atoms with Crippen molar-refractivity contribution in [3.63, 3.8) is 0 Å². The van der Waals surface area contributed by atoms with E-state index in [0.29, 0.717) is 11.8 Å². The van der Waals surface area contributed by atoms with Crippen molar-refractivity contribution in [2.24, 2.45) is 21.8 Å². The molecule has 360 valence electrons. The van der Waals surface area contributed by atoms with Crippen LogP contribution in [-0.4, -0.2) is 25.0 Å². The lowest BCUT2D eigenvalue weighted by Gasteiger charge is -2.31. The van der Waals surface area contributed by atoms with Crippen LogP contribution in [0, 0.1) is 11.8 Å². The number of benzene rings is 6. The second kappa shape index (κ2) is 17.0. The highest BCUT2D eigenvalue weighted by Gasteiger charge is 2.45. The molecule has 4 nitrogen and oxygen atoms in total. The Bertz CT molecular complexity index is 3600. The SMILES string of the molecule is CCC1(C)c2cc(C3=CCC=C(C4=NC(c5ccccc5)NC5=C4C(C)(C)c4ccccc45)C=C3)ccc2-c2ccc(-c3ccc(C(=NCC4=CC=CC5CC45)C4=C(NC)c5ccccc5C4(C)C)cc3)cc21. The molecule has 4 heteroatoms. The fourth-order valence-electron chi connectivity index (χ4n) is 13.4. The number of allylic oxidation sites excluding steroid dienone is 11. The smallest absolute Gasteiger partial charge is 0.145 e. The van der Waals surface area contributed by atoms with Crippen LogP contribution in [0.4, 0.5) is 0 Å². The van der Waals surface area contributed by atoms with Crippen LogP contribution in [0.1, 0.15) is 117 Å². The third-order valence-corrected chi connectivity index (χ3v) is 17.7. The second-order valence-electron chi connectivity index (χ2n) is 22.5. The van der Waals surface area contributed by atoms with E-state index in [9.17, 15) is 0 Å². The van der Waals surface area contributed by atoms with Crippen molar-refractivity contribution < 1.29 is 0 Å². The number of nitrogens with zero attached hydrogens (tertiary/aromatic N) is 2. The third-order valence-electron chi connectivity index (χ3n) is 17.7. The first-order valence-electron chi connectivity index (χ1n) is 26.7. The predicted octanol–water partition coefficient (Wildman–Crippen LogP) is 15.6. The Morgan fingerprint density at radius 3 is 2.05 bits per heavy atom. The standard InChI is InChI=1S/C69H64N4/c1-8-69(6)58-39-47(42-20-16-21-44(31-28-42)63-61-65(54-25-13-15-27-57(54)68(61,4)5)73-66(72-63)46-18-10-9-11-19-46)34-36-51(58)52-37-35-48(40-59(52)69)43-29-32-45(33-30-43)62(71-41-50-23-17-22-49-38-55(49)50)60-64(70-7)53-24-12-14-26-56(53)67(60,2)3/h9-15,17-37,39-40,49,55,66,70,73H,8,16,38,41H2,1-7H3. The van der Waals surface area contributed by atoms with Crippen LogP contribution in [0.3, 0.4) is 0 Å². The van der Waals surface area contributed by atoms with E-state index >= 15 is 0 Å². The summed E-state index contributed by atoms with van der Waals surface area (Å²) in [5.74, 6) is 1.34. The quantitative estimate of drug-likeness (QED) is 0.134. The molecule has 1 heterocycles. The van der Waals surface area contributed by atoms with Gasteiger partial charge in [-0.1, -0.05) is 211 Å². The highest BCUT2D eigenvalue weighted by molar-refractivity contribution is 6.22. The first-order chi connectivity index (χ1) is 35.5. The Kier molecular flexibility index (Phi) is 10.6. The van der Waals surface area contributed by atoms with E-state index < -0.39 is 0 Å². The summed E-state index contributed by atoms with van der Waals surface area (Å²) < 4.78 is 0. The number of hydrogen-bond acceptors (Lipinski definition) is 4. The molecule has 0 aromatic heterocycles. The van der Waals surface area contributed by atoms with Gasteiger partial charge in [-0.2, -0.15) is 0 Å². The van der Waals surface area contributed by atoms with Crippen molar-refractivity contribution in [3.05, 3.63) is 254 Å². The summed E-state index contributed by atoms with van der Waals surface area (Å²) >= 11 is 0. The average molecular weight is 949 g/mol. The zero-order valence-corrected chi connectivity index (χ0v) is 43.3. The molecule has 0 amide bonds. The molecule has 6 aromatic rings. The van der Waals surface area contributed by atoms with Gasteiger partial charge in [0.25, 0.3) is 0 Å². The summed E-state index contributed by atoms with van der Waals surface area (Å²) in [6.07, 6.45) is 19.2. The van der Waals surface area contributed by atoms with Crippen LogP contribution in [0.25, 0.3) is 39.2 Å². The van der Waals surface area contributed by atoms with Gasteiger partial charge in [-0.3, -0.25) is 9.98 Å². The largest absolute Gasteiger partial charge is 0.387 e. The third kappa shape index (κ3) is 7.15. The summed E-state index contributed by atoms with van der Waals surface area (Å²) in [6, 6.07) is 52.0. The minimum atomic E-state index is -0.213.